The molecule has 0 bridgehead atoms. The van der Waals surface area contributed by atoms with Crippen molar-refractivity contribution in [2.75, 3.05) is 0 Å². The highest BCUT2D eigenvalue weighted by Gasteiger charge is 2.02. The highest BCUT2D eigenvalue weighted by molar-refractivity contribution is 5.75. The van der Waals surface area contributed by atoms with Crippen LogP contribution in [0.4, 0.5) is 4.39 Å². The molecule has 0 radical (unpaired) electrons. The largest absolute Gasteiger partial charge is 0.334 e. The summed E-state index contributed by atoms with van der Waals surface area (Å²) in [6, 6.07) is 4.93. The zero-order valence-electron chi connectivity index (χ0n) is 6.08. The van der Waals surface area contributed by atoms with E-state index < -0.39 is 0 Å². The van der Waals surface area contributed by atoms with Gasteiger partial charge < -0.3 is 4.57 Å². The molecule has 0 amide bonds. The van der Waals surface area contributed by atoms with Crippen LogP contribution in [0.25, 0.3) is 11.0 Å². The summed E-state index contributed by atoms with van der Waals surface area (Å²) < 4.78 is 14.7. The normalized spacial score (nSPS) is 10.7. The molecule has 2 aromatic rings. The number of aryl methyl sites for hydroxylation is 1. The number of fused-ring (bicyclic) bond motifs is 1. The second-order valence-corrected chi connectivity index (χ2v) is 2.46. The molecule has 0 spiro atoms. The minimum atomic E-state index is -0.261. The van der Waals surface area contributed by atoms with Gasteiger partial charge >= 0.3 is 0 Å². The number of para-hydroxylation sites is 1. The lowest BCUT2D eigenvalue weighted by atomic mass is 10.3. The van der Waals surface area contributed by atoms with E-state index in [1.54, 1.807) is 17.0 Å². The van der Waals surface area contributed by atoms with Crippen LogP contribution in [-0.2, 0) is 7.05 Å². The Balaban J connectivity index is 2.94. The fraction of sp³-hybridized carbons (Fsp3) is 0.125. The van der Waals surface area contributed by atoms with Crippen molar-refractivity contribution < 1.29 is 4.39 Å². The van der Waals surface area contributed by atoms with Crippen molar-refractivity contribution in [3.8, 4) is 0 Å². The molecule has 0 fully saturated rings. The Morgan fingerprint density at radius 1 is 1.45 bits per heavy atom. The van der Waals surface area contributed by atoms with E-state index in [1.807, 2.05) is 13.1 Å². The zero-order valence-corrected chi connectivity index (χ0v) is 6.08. The third-order valence-corrected chi connectivity index (χ3v) is 1.71. The van der Waals surface area contributed by atoms with Crippen molar-refractivity contribution in [3.05, 3.63) is 30.3 Å². The van der Waals surface area contributed by atoms with Crippen molar-refractivity contribution in [1.29, 1.82) is 0 Å². The summed E-state index contributed by atoms with van der Waals surface area (Å²) in [4.78, 5) is 3.91. The van der Waals surface area contributed by atoms with Crippen molar-refractivity contribution in [2.24, 2.45) is 7.05 Å². The lowest BCUT2D eigenvalue weighted by Crippen LogP contribution is -1.83. The predicted molar refractivity (Wildman–Crippen MR) is 40.7 cm³/mol. The first-order valence-corrected chi connectivity index (χ1v) is 3.34. The van der Waals surface area contributed by atoms with Gasteiger partial charge in [-0.05, 0) is 12.1 Å². The Morgan fingerprint density at radius 2 is 2.27 bits per heavy atom. The molecule has 56 valence electrons. The Kier molecular flexibility index (Phi) is 1.18. The first kappa shape index (κ1) is 6.34. The molecule has 0 N–H and O–H groups in total. The van der Waals surface area contributed by atoms with Crippen molar-refractivity contribution in [3.63, 3.8) is 0 Å². The van der Waals surface area contributed by atoms with Gasteiger partial charge in [0.2, 0.25) is 0 Å². The molecule has 2 rings (SSSR count). The van der Waals surface area contributed by atoms with Crippen LogP contribution in [0.3, 0.4) is 0 Å². The number of hydrogen-bond donors (Lipinski definition) is 0. The zero-order chi connectivity index (χ0) is 7.84. The maximum atomic E-state index is 12.9. The van der Waals surface area contributed by atoms with Crippen LogP contribution in [0, 0.1) is 5.82 Å². The van der Waals surface area contributed by atoms with Crippen LogP contribution in [0.1, 0.15) is 0 Å². The van der Waals surface area contributed by atoms with Gasteiger partial charge in [0.25, 0.3) is 0 Å². The molecule has 0 aliphatic rings. The summed E-state index contributed by atoms with van der Waals surface area (Å²) in [6.07, 6.45) is 1.60. The number of benzene rings is 1. The van der Waals surface area contributed by atoms with Crippen LogP contribution in [0.5, 0.6) is 0 Å². The van der Waals surface area contributed by atoms with Crippen LogP contribution < -0.4 is 0 Å². The molecule has 1 aromatic heterocycles. The number of aromatic nitrogens is 2. The highest BCUT2D eigenvalue weighted by Crippen LogP contribution is 2.13. The van der Waals surface area contributed by atoms with Gasteiger partial charge in [-0.15, -0.1) is 0 Å². The number of nitrogens with zero attached hydrogens (tertiary/aromatic N) is 2. The first-order valence-electron chi connectivity index (χ1n) is 3.34. The van der Waals surface area contributed by atoms with Gasteiger partial charge in [-0.1, -0.05) is 6.07 Å². The maximum absolute atomic E-state index is 12.9. The smallest absolute Gasteiger partial charge is 0.151 e. The van der Waals surface area contributed by atoms with E-state index in [1.165, 1.54) is 6.07 Å². The topological polar surface area (TPSA) is 17.8 Å². The summed E-state index contributed by atoms with van der Waals surface area (Å²) >= 11 is 0. The van der Waals surface area contributed by atoms with Crippen molar-refractivity contribution in [2.45, 2.75) is 0 Å². The summed E-state index contributed by atoms with van der Waals surface area (Å²) in [5.74, 6) is -0.261. The van der Waals surface area contributed by atoms with E-state index in [4.69, 9.17) is 0 Å². The van der Waals surface area contributed by atoms with Crippen LogP contribution in [-0.4, -0.2) is 9.55 Å². The molecule has 1 aromatic carbocycles. The van der Waals surface area contributed by atoms with Gasteiger partial charge in [0, 0.05) is 7.05 Å². The highest BCUT2D eigenvalue weighted by atomic mass is 19.1. The molecule has 0 aliphatic heterocycles. The molecule has 1 heterocycles. The van der Waals surface area contributed by atoms with Gasteiger partial charge in [-0.2, -0.15) is 0 Å². The second kappa shape index (κ2) is 2.05. The lowest BCUT2D eigenvalue weighted by molar-refractivity contribution is 0.637. The number of rotatable bonds is 0. The van der Waals surface area contributed by atoms with E-state index in [2.05, 4.69) is 4.98 Å². The predicted octanol–water partition coefficient (Wildman–Crippen LogP) is 1.71. The maximum Gasteiger partial charge on any atom is 0.151 e. The van der Waals surface area contributed by atoms with Gasteiger partial charge in [-0.25, -0.2) is 9.37 Å². The van der Waals surface area contributed by atoms with E-state index in [9.17, 15) is 4.39 Å². The molecule has 0 atom stereocenters. The van der Waals surface area contributed by atoms with Gasteiger partial charge in [0.15, 0.2) is 5.82 Å². The minimum absolute atomic E-state index is 0.261. The lowest BCUT2D eigenvalue weighted by Gasteiger charge is -1.92. The molecule has 3 heteroatoms. The van der Waals surface area contributed by atoms with E-state index >= 15 is 0 Å². The fourth-order valence-corrected chi connectivity index (χ4v) is 1.12. The number of halogens is 1. The second-order valence-electron chi connectivity index (χ2n) is 2.46. The fourth-order valence-electron chi connectivity index (χ4n) is 1.12. The molecule has 2 nitrogen and oxygen atoms in total. The summed E-state index contributed by atoms with van der Waals surface area (Å²) in [5.41, 5.74) is 1.26. The Bertz CT molecular complexity index is 392. The Hall–Kier alpha value is -1.38. The SMILES string of the molecule is Cn1cnc2c(F)cccc21. The van der Waals surface area contributed by atoms with E-state index in [0.717, 1.165) is 5.52 Å². The molecule has 0 saturated heterocycles. The van der Waals surface area contributed by atoms with E-state index in [-0.39, 0.29) is 5.82 Å². The van der Waals surface area contributed by atoms with Gasteiger partial charge in [-0.3, -0.25) is 0 Å². The van der Waals surface area contributed by atoms with Gasteiger partial charge in [0.05, 0.1) is 11.8 Å². The molecule has 11 heavy (non-hydrogen) atoms. The summed E-state index contributed by atoms with van der Waals surface area (Å²) in [7, 11) is 1.84. The van der Waals surface area contributed by atoms with Crippen LogP contribution in [0.2, 0.25) is 0 Å². The summed E-state index contributed by atoms with van der Waals surface area (Å²) in [6.45, 7) is 0. The molecular weight excluding hydrogens is 143 g/mol. The average molecular weight is 150 g/mol. The number of hydrogen-bond acceptors (Lipinski definition) is 1. The molecule has 0 aliphatic carbocycles. The quantitative estimate of drug-likeness (QED) is 0.559. The number of imidazole rings is 1. The standard InChI is InChI=1S/C8H7FN2/c1-11-5-10-8-6(9)3-2-4-7(8)11/h2-5H,1H3. The Morgan fingerprint density at radius 3 is 3.00 bits per heavy atom. The van der Waals surface area contributed by atoms with Crippen LogP contribution >= 0.6 is 0 Å². The van der Waals surface area contributed by atoms with E-state index in [0.29, 0.717) is 5.52 Å². The van der Waals surface area contributed by atoms with Crippen molar-refractivity contribution >= 4 is 11.0 Å². The van der Waals surface area contributed by atoms with Gasteiger partial charge in [0.1, 0.15) is 5.52 Å². The van der Waals surface area contributed by atoms with Crippen molar-refractivity contribution in [1.82, 2.24) is 9.55 Å². The van der Waals surface area contributed by atoms with Crippen LogP contribution in [0.15, 0.2) is 24.5 Å². The molecule has 0 unspecified atom stereocenters. The summed E-state index contributed by atoms with van der Waals surface area (Å²) in [5, 5.41) is 0. The first-order chi connectivity index (χ1) is 5.29. The monoisotopic (exact) mass is 150 g/mol. The Labute approximate surface area is 63.3 Å². The molecular formula is C8H7FN2. The molecule has 0 saturated carbocycles. The minimum Gasteiger partial charge on any atom is -0.334 e. The average Bonchev–Trinajstić information content (AvgIpc) is 2.35. The third-order valence-electron chi connectivity index (χ3n) is 1.71. The third kappa shape index (κ3) is 0.808.